The number of ether oxygens (including phenoxy) is 3. The average molecular weight is 515 g/mol. The van der Waals surface area contributed by atoms with Crippen molar-refractivity contribution in [2.45, 2.75) is 79.1 Å². The summed E-state index contributed by atoms with van der Waals surface area (Å²) < 4.78 is 18.7. The Kier molecular flexibility index (Phi) is 7.86. The number of aliphatic imine (C=N–C) groups is 1. The van der Waals surface area contributed by atoms with Gasteiger partial charge in [-0.25, -0.2) is 9.97 Å². The maximum Gasteiger partial charge on any atom is 0.284 e. The molecule has 2 heterocycles. The topological polar surface area (TPSA) is 89.7 Å². The summed E-state index contributed by atoms with van der Waals surface area (Å²) in [5.74, 6) is 3.04. The van der Waals surface area contributed by atoms with Crippen molar-refractivity contribution in [3.05, 3.63) is 70.0 Å². The summed E-state index contributed by atoms with van der Waals surface area (Å²) in [5.41, 5.74) is 4.96. The molecule has 0 saturated carbocycles. The third-order valence-corrected chi connectivity index (χ3v) is 6.70. The third-order valence-electron chi connectivity index (χ3n) is 6.70. The van der Waals surface area contributed by atoms with Crippen molar-refractivity contribution in [3.8, 4) is 23.3 Å². The monoisotopic (exact) mass is 514 g/mol. The van der Waals surface area contributed by atoms with E-state index < -0.39 is 0 Å². The fourth-order valence-corrected chi connectivity index (χ4v) is 4.60. The first-order valence-electron chi connectivity index (χ1n) is 13.3. The fraction of sp³-hybridized carbons (Fsp3) is 0.419. The normalized spacial score (nSPS) is 13.0. The molecular weight excluding hydrogens is 476 g/mol. The van der Waals surface area contributed by atoms with E-state index in [0.29, 0.717) is 11.4 Å². The minimum atomic E-state index is -0.0209. The van der Waals surface area contributed by atoms with Gasteiger partial charge in [-0.1, -0.05) is 91.8 Å². The van der Waals surface area contributed by atoms with E-state index in [9.17, 15) is 0 Å². The van der Waals surface area contributed by atoms with E-state index in [4.69, 9.17) is 29.6 Å². The zero-order chi connectivity index (χ0) is 27.7. The maximum absolute atomic E-state index is 8.37. The highest BCUT2D eigenvalue weighted by atomic mass is 16.5. The minimum Gasteiger partial charge on any atom is -0.479 e. The molecule has 7 heteroatoms. The third kappa shape index (κ3) is 5.15. The van der Waals surface area contributed by atoms with Crippen LogP contribution in [0.5, 0.6) is 23.3 Å². The van der Waals surface area contributed by atoms with E-state index in [1.54, 1.807) is 0 Å². The second-order valence-electron chi connectivity index (χ2n) is 10.9. The number of benzene rings is 2. The molecular formula is C31H38N4O3. The van der Waals surface area contributed by atoms with Crippen LogP contribution in [-0.4, -0.2) is 28.8 Å². The molecule has 0 radical (unpaired) electrons. The Morgan fingerprint density at radius 1 is 0.605 bits per heavy atom. The molecule has 1 aliphatic heterocycles. The second kappa shape index (κ2) is 10.9. The van der Waals surface area contributed by atoms with Crippen LogP contribution in [0.2, 0.25) is 0 Å². The Bertz CT molecular complexity index is 1340. The van der Waals surface area contributed by atoms with Crippen LogP contribution in [0.3, 0.4) is 0 Å². The Balaban J connectivity index is 1.95. The molecule has 1 aromatic heterocycles. The largest absolute Gasteiger partial charge is 0.479 e. The molecule has 3 aromatic rings. The van der Waals surface area contributed by atoms with Gasteiger partial charge in [0.1, 0.15) is 17.2 Å². The Morgan fingerprint density at radius 2 is 0.974 bits per heavy atom. The Morgan fingerprint density at radius 3 is 1.32 bits per heavy atom. The zero-order valence-electron chi connectivity index (χ0n) is 23.8. The smallest absolute Gasteiger partial charge is 0.284 e. The maximum atomic E-state index is 8.37. The fourth-order valence-electron chi connectivity index (χ4n) is 4.60. The Hall–Kier alpha value is -3.74. The molecule has 200 valence electrons. The number of hydrogen-bond acceptors (Lipinski definition) is 6. The number of para-hydroxylation sites is 2. The quantitative estimate of drug-likeness (QED) is 0.327. The van der Waals surface area contributed by atoms with Crippen LogP contribution < -0.4 is 9.47 Å². The van der Waals surface area contributed by atoms with Gasteiger partial charge in [0.15, 0.2) is 11.5 Å². The van der Waals surface area contributed by atoms with Gasteiger partial charge in [0.05, 0.1) is 7.11 Å². The van der Waals surface area contributed by atoms with E-state index in [1.807, 2.05) is 0 Å². The minimum absolute atomic E-state index is 0.0209. The number of aromatic nitrogens is 2. The number of fused-ring (bicyclic) bond motifs is 1. The predicted molar refractivity (Wildman–Crippen MR) is 152 cm³/mol. The average Bonchev–Trinajstić information content (AvgIpc) is 3.18. The van der Waals surface area contributed by atoms with Crippen LogP contribution in [0.1, 0.15) is 113 Å². The summed E-state index contributed by atoms with van der Waals surface area (Å²) in [6.07, 6.45) is 0. The molecule has 0 unspecified atom stereocenters. The van der Waals surface area contributed by atoms with E-state index in [1.165, 1.54) is 7.11 Å². The van der Waals surface area contributed by atoms with Crippen molar-refractivity contribution >= 4 is 11.7 Å². The summed E-state index contributed by atoms with van der Waals surface area (Å²) in [4.78, 5) is 13.7. The van der Waals surface area contributed by atoms with Crippen LogP contribution in [0.25, 0.3) is 0 Å². The highest BCUT2D eigenvalue weighted by molar-refractivity contribution is 6.17. The van der Waals surface area contributed by atoms with Crippen molar-refractivity contribution < 1.29 is 14.2 Å². The van der Waals surface area contributed by atoms with Gasteiger partial charge in [-0.2, -0.15) is 4.99 Å². The number of nitrogens with zero attached hydrogens (tertiary/aromatic N) is 3. The number of hydrogen-bond donors (Lipinski definition) is 1. The van der Waals surface area contributed by atoms with Gasteiger partial charge in [-0.3, -0.25) is 5.41 Å². The molecule has 38 heavy (non-hydrogen) atoms. The molecule has 1 aliphatic rings. The highest BCUT2D eigenvalue weighted by Gasteiger charge is 2.31. The summed E-state index contributed by atoms with van der Waals surface area (Å²) in [7, 11) is 1.51. The second-order valence-corrected chi connectivity index (χ2v) is 10.9. The summed E-state index contributed by atoms with van der Waals surface area (Å²) >= 11 is 0. The number of nitrogens with one attached hydrogen (secondary N) is 1. The van der Waals surface area contributed by atoms with E-state index in [2.05, 4.69) is 96.8 Å². The van der Waals surface area contributed by atoms with Gasteiger partial charge in [-0.05, 0) is 45.9 Å². The lowest BCUT2D eigenvalue weighted by Crippen LogP contribution is -2.11. The van der Waals surface area contributed by atoms with Crippen LogP contribution in [-0.2, 0) is 4.74 Å². The molecule has 2 aromatic carbocycles. The molecule has 0 saturated heterocycles. The first-order chi connectivity index (χ1) is 18.0. The molecule has 1 N–H and O–H groups in total. The van der Waals surface area contributed by atoms with Crippen LogP contribution in [0.15, 0.2) is 41.4 Å². The molecule has 0 spiro atoms. The molecule has 0 amide bonds. The first-order valence-corrected chi connectivity index (χ1v) is 13.3. The number of methoxy groups -OCH3 is 1. The summed E-state index contributed by atoms with van der Waals surface area (Å²) in [5, 5.41) is 8.37. The highest BCUT2D eigenvalue weighted by Crippen LogP contribution is 2.43. The van der Waals surface area contributed by atoms with Crippen LogP contribution >= 0.6 is 0 Å². The van der Waals surface area contributed by atoms with Gasteiger partial charge < -0.3 is 14.2 Å². The predicted octanol–water partition coefficient (Wildman–Crippen LogP) is 8.29. The molecule has 7 nitrogen and oxygen atoms in total. The Labute approximate surface area is 225 Å². The SMILES string of the molecule is COC1=NC(=N)c2nc(Oc3c(C(C)C)cccc3C(C)C)c(Oc3c(C(C)C)cccc3C(C)C)nc21. The van der Waals surface area contributed by atoms with E-state index >= 15 is 0 Å². The van der Waals surface area contributed by atoms with E-state index in [0.717, 1.165) is 33.8 Å². The van der Waals surface area contributed by atoms with Gasteiger partial charge in [0, 0.05) is 0 Å². The van der Waals surface area contributed by atoms with Crippen molar-refractivity contribution in [2.24, 2.45) is 4.99 Å². The van der Waals surface area contributed by atoms with Crippen molar-refractivity contribution in [1.29, 1.82) is 5.41 Å². The lowest BCUT2D eigenvalue weighted by molar-refractivity contribution is 0.375. The van der Waals surface area contributed by atoms with Crippen molar-refractivity contribution in [3.63, 3.8) is 0 Å². The molecule has 0 fully saturated rings. The molecule has 0 aliphatic carbocycles. The lowest BCUT2D eigenvalue weighted by Gasteiger charge is -2.22. The van der Waals surface area contributed by atoms with Gasteiger partial charge in [0.2, 0.25) is 5.90 Å². The van der Waals surface area contributed by atoms with Gasteiger partial charge >= 0.3 is 0 Å². The van der Waals surface area contributed by atoms with Crippen LogP contribution in [0, 0.1) is 5.41 Å². The summed E-state index contributed by atoms with van der Waals surface area (Å²) in [6, 6.07) is 12.4. The molecule has 4 rings (SSSR count). The number of amidine groups is 1. The molecule has 0 atom stereocenters. The standard InChI is InChI=1S/C31H38N4O3/c1-16(2)20-12-10-13-21(17(3)4)26(20)37-30-31(34-25-24(33-30)28(32)35-29(25)36-9)38-27-22(18(5)6)14-11-15-23(27)19(7)8/h10-19,32H,1-9H3. The first kappa shape index (κ1) is 27.3. The molecule has 0 bridgehead atoms. The van der Waals surface area contributed by atoms with Gasteiger partial charge in [-0.15, -0.1) is 0 Å². The van der Waals surface area contributed by atoms with Crippen molar-refractivity contribution in [1.82, 2.24) is 9.97 Å². The lowest BCUT2D eigenvalue weighted by atomic mass is 9.94. The number of rotatable bonds is 8. The van der Waals surface area contributed by atoms with E-state index in [-0.39, 0.29) is 47.2 Å². The zero-order valence-corrected chi connectivity index (χ0v) is 23.8. The van der Waals surface area contributed by atoms with Crippen molar-refractivity contribution in [2.75, 3.05) is 7.11 Å². The summed E-state index contributed by atoms with van der Waals surface area (Å²) in [6.45, 7) is 17.1. The van der Waals surface area contributed by atoms with Crippen LogP contribution in [0.4, 0.5) is 0 Å². The van der Waals surface area contributed by atoms with Gasteiger partial charge in [0.25, 0.3) is 11.8 Å².